The number of hydrogen-bond donors (Lipinski definition) is 2. The average molecular weight is 240 g/mol. The van der Waals surface area contributed by atoms with E-state index in [1.807, 2.05) is 0 Å². The summed E-state index contributed by atoms with van der Waals surface area (Å²) < 4.78 is 5.13. The Bertz CT molecular complexity index is 421. The Morgan fingerprint density at radius 1 is 1.53 bits per heavy atom. The number of nitro benzene ring substituents is 1. The number of hydrogen-bond acceptors (Lipinski definition) is 5. The number of carbonyl (C=O) groups is 1. The van der Waals surface area contributed by atoms with Gasteiger partial charge in [-0.3, -0.25) is 14.9 Å². The summed E-state index contributed by atoms with van der Waals surface area (Å²) in [6, 6.07) is 4.85. The summed E-state index contributed by atoms with van der Waals surface area (Å²) >= 11 is 0. The number of nitro groups is 1. The van der Waals surface area contributed by atoms with Crippen LogP contribution in [0, 0.1) is 10.1 Å². The number of nitrogens with two attached hydrogens (primary N) is 1. The van der Waals surface area contributed by atoms with E-state index in [-0.39, 0.29) is 24.5 Å². The van der Waals surface area contributed by atoms with Crippen molar-refractivity contribution in [3.63, 3.8) is 0 Å². The Morgan fingerprint density at radius 3 is 2.76 bits per heavy atom. The first-order valence-electron chi connectivity index (χ1n) is 4.87. The number of ether oxygens (including phenoxy) is 1. The molecule has 1 atom stereocenters. The van der Waals surface area contributed by atoms with Gasteiger partial charge in [0.25, 0.3) is 0 Å². The van der Waals surface area contributed by atoms with Gasteiger partial charge < -0.3 is 15.6 Å². The van der Waals surface area contributed by atoms with E-state index >= 15 is 0 Å². The smallest absolute Gasteiger partial charge is 0.320 e. The van der Waals surface area contributed by atoms with E-state index in [1.165, 1.54) is 18.2 Å². The Balaban J connectivity index is 2.58. The van der Waals surface area contributed by atoms with Crippen LogP contribution in [0.25, 0.3) is 0 Å². The highest BCUT2D eigenvalue weighted by molar-refractivity contribution is 5.72. The van der Waals surface area contributed by atoms with E-state index in [1.54, 1.807) is 6.07 Å². The number of para-hydroxylation sites is 2. The van der Waals surface area contributed by atoms with E-state index in [0.29, 0.717) is 0 Å². The predicted molar refractivity (Wildman–Crippen MR) is 58.8 cm³/mol. The molecule has 0 saturated heterocycles. The highest BCUT2D eigenvalue weighted by Crippen LogP contribution is 2.25. The lowest BCUT2D eigenvalue weighted by molar-refractivity contribution is -0.385. The number of aliphatic carboxylic acids is 1. The molecule has 92 valence electrons. The molecule has 0 aliphatic carbocycles. The van der Waals surface area contributed by atoms with Crippen LogP contribution in [0.2, 0.25) is 0 Å². The van der Waals surface area contributed by atoms with Gasteiger partial charge in [0.1, 0.15) is 6.04 Å². The van der Waals surface area contributed by atoms with Crippen LogP contribution in [0.5, 0.6) is 5.75 Å². The van der Waals surface area contributed by atoms with Crippen molar-refractivity contribution in [2.45, 2.75) is 12.5 Å². The van der Waals surface area contributed by atoms with Crippen LogP contribution in [0.1, 0.15) is 6.42 Å². The van der Waals surface area contributed by atoms with E-state index in [0.717, 1.165) is 0 Å². The molecule has 0 aliphatic heterocycles. The largest absolute Gasteiger partial charge is 0.487 e. The van der Waals surface area contributed by atoms with Gasteiger partial charge in [-0.05, 0) is 6.07 Å². The molecule has 3 N–H and O–H groups in total. The minimum atomic E-state index is -1.13. The average Bonchev–Trinajstić information content (AvgIpc) is 2.29. The SMILES string of the molecule is NC(CCOc1ccccc1[N+](=O)[O-])C(=O)O. The molecule has 0 saturated carbocycles. The number of rotatable bonds is 6. The van der Waals surface area contributed by atoms with Crippen molar-refractivity contribution < 1.29 is 19.6 Å². The summed E-state index contributed by atoms with van der Waals surface area (Å²) in [5.41, 5.74) is 5.11. The molecule has 0 spiro atoms. The van der Waals surface area contributed by atoms with Gasteiger partial charge in [0.2, 0.25) is 0 Å². The monoisotopic (exact) mass is 240 g/mol. The van der Waals surface area contributed by atoms with Crippen molar-refractivity contribution in [3.05, 3.63) is 34.4 Å². The van der Waals surface area contributed by atoms with Gasteiger partial charge in [-0.2, -0.15) is 0 Å². The second kappa shape index (κ2) is 5.80. The summed E-state index contributed by atoms with van der Waals surface area (Å²) in [4.78, 5) is 20.5. The van der Waals surface area contributed by atoms with Gasteiger partial charge in [-0.1, -0.05) is 12.1 Å². The third-order valence-electron chi connectivity index (χ3n) is 2.07. The Hall–Kier alpha value is -2.15. The molecular weight excluding hydrogens is 228 g/mol. The van der Waals surface area contributed by atoms with E-state index in [9.17, 15) is 14.9 Å². The molecule has 7 nitrogen and oxygen atoms in total. The quantitative estimate of drug-likeness (QED) is 0.560. The second-order valence-corrected chi connectivity index (χ2v) is 3.31. The van der Waals surface area contributed by atoms with Crippen LogP contribution < -0.4 is 10.5 Å². The standard InChI is InChI=1S/C10H12N2O5/c11-7(10(13)14)5-6-17-9-4-2-1-3-8(9)12(15)16/h1-4,7H,5-6,11H2,(H,13,14). The van der Waals surface area contributed by atoms with Gasteiger partial charge in [0.15, 0.2) is 5.75 Å². The van der Waals surface area contributed by atoms with Gasteiger partial charge in [-0.15, -0.1) is 0 Å². The maximum absolute atomic E-state index is 10.6. The highest BCUT2D eigenvalue weighted by atomic mass is 16.6. The summed E-state index contributed by atoms with van der Waals surface area (Å²) in [5, 5.41) is 19.2. The zero-order valence-corrected chi connectivity index (χ0v) is 8.91. The lowest BCUT2D eigenvalue weighted by Gasteiger charge is -2.08. The van der Waals surface area contributed by atoms with Gasteiger partial charge >= 0.3 is 11.7 Å². The molecule has 1 unspecified atom stereocenters. The maximum atomic E-state index is 10.6. The van der Waals surface area contributed by atoms with E-state index in [2.05, 4.69) is 0 Å². The molecule has 7 heteroatoms. The molecular formula is C10H12N2O5. The van der Waals surface area contributed by atoms with Crippen molar-refractivity contribution >= 4 is 11.7 Å². The first-order chi connectivity index (χ1) is 8.02. The predicted octanol–water partition coefficient (Wildman–Crippen LogP) is 0.776. The molecule has 0 radical (unpaired) electrons. The lowest BCUT2D eigenvalue weighted by Crippen LogP contribution is -2.31. The third-order valence-corrected chi connectivity index (χ3v) is 2.07. The first-order valence-corrected chi connectivity index (χ1v) is 4.87. The van der Waals surface area contributed by atoms with Crippen LogP contribution >= 0.6 is 0 Å². The highest BCUT2D eigenvalue weighted by Gasteiger charge is 2.15. The summed E-state index contributed by atoms with van der Waals surface area (Å²) in [5.74, 6) is -1.02. The Kier molecular flexibility index (Phi) is 4.41. The van der Waals surface area contributed by atoms with Crippen molar-refractivity contribution in [2.75, 3.05) is 6.61 Å². The van der Waals surface area contributed by atoms with Crippen molar-refractivity contribution in [3.8, 4) is 5.75 Å². The molecule has 0 heterocycles. The van der Waals surface area contributed by atoms with E-state index in [4.69, 9.17) is 15.6 Å². The molecule has 0 amide bonds. The fourth-order valence-corrected chi connectivity index (χ4v) is 1.15. The number of carboxylic acid groups (broad SMARTS) is 1. The maximum Gasteiger partial charge on any atom is 0.320 e. The van der Waals surface area contributed by atoms with E-state index < -0.39 is 16.9 Å². The van der Waals surface area contributed by atoms with Crippen LogP contribution in [0.4, 0.5) is 5.69 Å². The number of nitrogens with zero attached hydrogens (tertiary/aromatic N) is 1. The van der Waals surface area contributed by atoms with Crippen molar-refractivity contribution in [1.82, 2.24) is 0 Å². The minimum Gasteiger partial charge on any atom is -0.487 e. The summed E-state index contributed by atoms with van der Waals surface area (Å²) in [6.45, 7) is 0.0122. The lowest BCUT2D eigenvalue weighted by atomic mass is 10.2. The Labute approximate surface area is 97.0 Å². The number of carboxylic acids is 1. The molecule has 1 aromatic rings. The van der Waals surface area contributed by atoms with Crippen LogP contribution in [0.3, 0.4) is 0 Å². The van der Waals surface area contributed by atoms with Gasteiger partial charge in [0, 0.05) is 12.5 Å². The van der Waals surface area contributed by atoms with Crippen LogP contribution in [0.15, 0.2) is 24.3 Å². The molecule has 0 aromatic heterocycles. The first kappa shape index (κ1) is 12.9. The summed E-state index contributed by atoms with van der Waals surface area (Å²) in [7, 11) is 0. The zero-order chi connectivity index (χ0) is 12.8. The molecule has 1 rings (SSSR count). The van der Waals surface area contributed by atoms with Crippen LogP contribution in [-0.4, -0.2) is 28.6 Å². The third kappa shape index (κ3) is 3.72. The summed E-state index contributed by atoms with van der Waals surface area (Å²) in [6.07, 6.45) is 0.0847. The fourth-order valence-electron chi connectivity index (χ4n) is 1.15. The fraction of sp³-hybridized carbons (Fsp3) is 0.300. The second-order valence-electron chi connectivity index (χ2n) is 3.31. The molecule has 0 bridgehead atoms. The van der Waals surface area contributed by atoms with Crippen molar-refractivity contribution in [2.24, 2.45) is 5.73 Å². The zero-order valence-electron chi connectivity index (χ0n) is 8.91. The normalized spacial score (nSPS) is 11.8. The number of benzene rings is 1. The van der Waals surface area contributed by atoms with Crippen LogP contribution in [-0.2, 0) is 4.79 Å². The van der Waals surface area contributed by atoms with Gasteiger partial charge in [-0.25, -0.2) is 0 Å². The molecule has 0 aliphatic rings. The molecule has 0 fully saturated rings. The minimum absolute atomic E-state index is 0.0122. The Morgan fingerprint density at radius 2 is 2.18 bits per heavy atom. The topological polar surface area (TPSA) is 116 Å². The van der Waals surface area contributed by atoms with Gasteiger partial charge in [0.05, 0.1) is 11.5 Å². The van der Waals surface area contributed by atoms with Crippen molar-refractivity contribution in [1.29, 1.82) is 0 Å². The molecule has 17 heavy (non-hydrogen) atoms. The molecule has 1 aromatic carbocycles.